The SMILES string of the molecule is CN(Cc1ccc(N(C)C)cc1)C(=O)COC(=O)/C=C/c1ccccc1. The first-order valence-electron chi connectivity index (χ1n) is 8.36. The number of likely N-dealkylation sites (N-methyl/N-ethyl adjacent to an activating group) is 1. The van der Waals surface area contributed by atoms with Gasteiger partial charge in [-0.2, -0.15) is 0 Å². The first kappa shape index (κ1) is 19.2. The third-order valence-electron chi connectivity index (χ3n) is 3.85. The zero-order chi connectivity index (χ0) is 18.9. The monoisotopic (exact) mass is 352 g/mol. The summed E-state index contributed by atoms with van der Waals surface area (Å²) in [6, 6.07) is 17.4. The van der Waals surface area contributed by atoms with Crippen LogP contribution in [0.2, 0.25) is 0 Å². The molecule has 0 unspecified atom stereocenters. The van der Waals surface area contributed by atoms with Gasteiger partial charge in [-0.25, -0.2) is 4.79 Å². The molecule has 0 radical (unpaired) electrons. The molecule has 0 aromatic heterocycles. The average molecular weight is 352 g/mol. The van der Waals surface area contributed by atoms with Gasteiger partial charge in [-0.3, -0.25) is 4.79 Å². The van der Waals surface area contributed by atoms with E-state index in [1.807, 2.05) is 73.6 Å². The van der Waals surface area contributed by atoms with Gasteiger partial charge in [-0.1, -0.05) is 42.5 Å². The predicted octanol–water partition coefficient (Wildman–Crippen LogP) is 2.97. The summed E-state index contributed by atoms with van der Waals surface area (Å²) >= 11 is 0. The van der Waals surface area contributed by atoms with Crippen LogP contribution < -0.4 is 4.90 Å². The largest absolute Gasteiger partial charge is 0.452 e. The van der Waals surface area contributed by atoms with Crippen LogP contribution in [0.4, 0.5) is 5.69 Å². The lowest BCUT2D eigenvalue weighted by molar-refractivity contribution is -0.147. The van der Waals surface area contributed by atoms with Gasteiger partial charge in [0.2, 0.25) is 0 Å². The number of esters is 1. The fraction of sp³-hybridized carbons (Fsp3) is 0.238. The molecule has 0 aliphatic heterocycles. The Labute approximate surface area is 154 Å². The summed E-state index contributed by atoms with van der Waals surface area (Å²) in [6.45, 7) is 0.189. The summed E-state index contributed by atoms with van der Waals surface area (Å²) in [4.78, 5) is 27.4. The zero-order valence-corrected chi connectivity index (χ0v) is 15.4. The molecule has 0 aliphatic rings. The minimum Gasteiger partial charge on any atom is -0.452 e. The maximum absolute atomic E-state index is 12.1. The van der Waals surface area contributed by atoms with E-state index >= 15 is 0 Å². The van der Waals surface area contributed by atoms with Gasteiger partial charge in [0, 0.05) is 39.5 Å². The van der Waals surface area contributed by atoms with Crippen LogP contribution in [-0.2, 0) is 20.9 Å². The molecule has 0 aliphatic carbocycles. The zero-order valence-electron chi connectivity index (χ0n) is 15.4. The molecule has 0 spiro atoms. The second-order valence-electron chi connectivity index (χ2n) is 6.16. The van der Waals surface area contributed by atoms with Crippen molar-refractivity contribution in [2.24, 2.45) is 0 Å². The Hall–Kier alpha value is -3.08. The molecule has 5 heteroatoms. The molecule has 0 bridgehead atoms. The van der Waals surface area contributed by atoms with Crippen molar-refractivity contribution in [2.45, 2.75) is 6.54 Å². The standard InChI is InChI=1S/C21H24N2O3/c1-22(2)19-12-9-18(10-13-19)15-23(3)20(24)16-26-21(25)14-11-17-7-5-4-6-8-17/h4-14H,15-16H2,1-3H3/b14-11+. The second kappa shape index (κ2) is 9.42. The first-order valence-corrected chi connectivity index (χ1v) is 8.36. The summed E-state index contributed by atoms with van der Waals surface area (Å²) in [5, 5.41) is 0. The second-order valence-corrected chi connectivity index (χ2v) is 6.16. The average Bonchev–Trinajstić information content (AvgIpc) is 2.65. The molecule has 0 heterocycles. The van der Waals surface area contributed by atoms with Crippen molar-refractivity contribution in [3.8, 4) is 0 Å². The molecule has 0 N–H and O–H groups in total. The molecule has 2 aromatic rings. The van der Waals surface area contributed by atoms with Gasteiger partial charge in [0.25, 0.3) is 5.91 Å². The summed E-state index contributed by atoms with van der Waals surface area (Å²) < 4.78 is 5.01. The topological polar surface area (TPSA) is 49.9 Å². The molecule has 2 aromatic carbocycles. The van der Waals surface area contributed by atoms with E-state index < -0.39 is 5.97 Å². The van der Waals surface area contributed by atoms with Crippen molar-refractivity contribution >= 4 is 23.6 Å². The van der Waals surface area contributed by atoms with E-state index in [0.717, 1.165) is 16.8 Å². The molecular weight excluding hydrogens is 328 g/mol. The van der Waals surface area contributed by atoms with E-state index in [4.69, 9.17) is 4.74 Å². The smallest absolute Gasteiger partial charge is 0.331 e. The Balaban J connectivity index is 1.79. The fourth-order valence-corrected chi connectivity index (χ4v) is 2.28. The summed E-state index contributed by atoms with van der Waals surface area (Å²) in [6.07, 6.45) is 2.98. The van der Waals surface area contributed by atoms with Crippen LogP contribution in [0.15, 0.2) is 60.7 Å². The first-order chi connectivity index (χ1) is 12.5. The highest BCUT2D eigenvalue weighted by atomic mass is 16.5. The van der Waals surface area contributed by atoms with Crippen LogP contribution in [-0.4, -0.2) is 44.5 Å². The Kier molecular flexibility index (Phi) is 6.97. The van der Waals surface area contributed by atoms with Crippen molar-refractivity contribution in [2.75, 3.05) is 32.6 Å². The van der Waals surface area contributed by atoms with Crippen LogP contribution >= 0.6 is 0 Å². The van der Waals surface area contributed by atoms with Gasteiger partial charge >= 0.3 is 5.97 Å². The number of rotatable bonds is 7. The summed E-state index contributed by atoms with van der Waals surface area (Å²) in [7, 11) is 5.65. The van der Waals surface area contributed by atoms with Crippen LogP contribution in [0.25, 0.3) is 6.08 Å². The molecule has 0 atom stereocenters. The van der Waals surface area contributed by atoms with E-state index in [-0.39, 0.29) is 12.5 Å². The lowest BCUT2D eigenvalue weighted by Gasteiger charge is -2.18. The van der Waals surface area contributed by atoms with E-state index in [9.17, 15) is 9.59 Å². The molecular formula is C21H24N2O3. The van der Waals surface area contributed by atoms with Gasteiger partial charge in [-0.15, -0.1) is 0 Å². The van der Waals surface area contributed by atoms with Gasteiger partial charge in [0.1, 0.15) is 0 Å². The lowest BCUT2D eigenvalue weighted by Crippen LogP contribution is -2.30. The lowest BCUT2D eigenvalue weighted by atomic mass is 10.2. The maximum atomic E-state index is 12.1. The normalized spacial score (nSPS) is 10.6. The van der Waals surface area contributed by atoms with Gasteiger partial charge in [-0.05, 0) is 29.3 Å². The summed E-state index contributed by atoms with van der Waals surface area (Å²) in [5.41, 5.74) is 3.01. The number of anilines is 1. The van der Waals surface area contributed by atoms with E-state index in [1.165, 1.54) is 6.08 Å². The van der Waals surface area contributed by atoms with Crippen molar-refractivity contribution in [3.05, 3.63) is 71.8 Å². The van der Waals surface area contributed by atoms with Gasteiger partial charge in [0.05, 0.1) is 0 Å². The van der Waals surface area contributed by atoms with Crippen molar-refractivity contribution < 1.29 is 14.3 Å². The molecule has 136 valence electrons. The third-order valence-corrected chi connectivity index (χ3v) is 3.85. The van der Waals surface area contributed by atoms with E-state index in [1.54, 1.807) is 18.0 Å². The van der Waals surface area contributed by atoms with E-state index in [2.05, 4.69) is 0 Å². The molecule has 0 saturated carbocycles. The number of amides is 1. The van der Waals surface area contributed by atoms with Crippen LogP contribution in [0.5, 0.6) is 0 Å². The van der Waals surface area contributed by atoms with Crippen LogP contribution in [0, 0.1) is 0 Å². The van der Waals surface area contributed by atoms with Crippen LogP contribution in [0.3, 0.4) is 0 Å². The van der Waals surface area contributed by atoms with Gasteiger partial charge < -0.3 is 14.5 Å². The van der Waals surface area contributed by atoms with Crippen molar-refractivity contribution in [3.63, 3.8) is 0 Å². The number of benzene rings is 2. The van der Waals surface area contributed by atoms with Crippen LogP contribution in [0.1, 0.15) is 11.1 Å². The van der Waals surface area contributed by atoms with E-state index in [0.29, 0.717) is 6.54 Å². The Morgan fingerprint density at radius 2 is 1.62 bits per heavy atom. The Morgan fingerprint density at radius 1 is 0.962 bits per heavy atom. The van der Waals surface area contributed by atoms with Crippen molar-refractivity contribution in [1.29, 1.82) is 0 Å². The molecule has 5 nitrogen and oxygen atoms in total. The molecule has 0 fully saturated rings. The quantitative estimate of drug-likeness (QED) is 0.568. The van der Waals surface area contributed by atoms with Gasteiger partial charge in [0.15, 0.2) is 6.61 Å². The Bertz CT molecular complexity index is 753. The number of ether oxygens (including phenoxy) is 1. The highest BCUT2D eigenvalue weighted by Gasteiger charge is 2.11. The number of hydrogen-bond donors (Lipinski definition) is 0. The van der Waals surface area contributed by atoms with Crippen molar-refractivity contribution in [1.82, 2.24) is 4.90 Å². The maximum Gasteiger partial charge on any atom is 0.331 e. The fourth-order valence-electron chi connectivity index (χ4n) is 2.28. The number of carbonyl (C=O) groups is 2. The number of carbonyl (C=O) groups excluding carboxylic acids is 2. The predicted molar refractivity (Wildman–Crippen MR) is 104 cm³/mol. The minimum absolute atomic E-state index is 0.247. The third kappa shape index (κ3) is 6.09. The minimum atomic E-state index is -0.536. The number of hydrogen-bond acceptors (Lipinski definition) is 4. The summed E-state index contributed by atoms with van der Waals surface area (Å²) in [5.74, 6) is -0.783. The molecule has 26 heavy (non-hydrogen) atoms. The molecule has 2 rings (SSSR count). The Morgan fingerprint density at radius 3 is 2.23 bits per heavy atom. The highest BCUT2D eigenvalue weighted by molar-refractivity contribution is 5.89. The number of nitrogens with zero attached hydrogens (tertiary/aromatic N) is 2. The molecule has 1 amide bonds. The highest BCUT2D eigenvalue weighted by Crippen LogP contribution is 2.13. The molecule has 0 saturated heterocycles.